The van der Waals surface area contributed by atoms with Gasteiger partial charge in [-0.2, -0.15) is 0 Å². The van der Waals surface area contributed by atoms with Crippen LogP contribution in [0.2, 0.25) is 0 Å². The van der Waals surface area contributed by atoms with E-state index in [9.17, 15) is 14.7 Å². The van der Waals surface area contributed by atoms with E-state index in [-0.39, 0.29) is 24.2 Å². The van der Waals surface area contributed by atoms with E-state index >= 15 is 0 Å². The highest BCUT2D eigenvalue weighted by Crippen LogP contribution is 2.18. The molecule has 1 unspecified atom stereocenters. The summed E-state index contributed by atoms with van der Waals surface area (Å²) in [5.74, 6) is -1.63. The van der Waals surface area contributed by atoms with Gasteiger partial charge in [0.1, 0.15) is 6.33 Å². The van der Waals surface area contributed by atoms with Crippen LogP contribution >= 0.6 is 11.8 Å². The van der Waals surface area contributed by atoms with Crippen LogP contribution in [0, 0.1) is 12.8 Å². The van der Waals surface area contributed by atoms with E-state index in [1.54, 1.807) is 6.33 Å². The molecule has 1 aromatic heterocycles. The van der Waals surface area contributed by atoms with Gasteiger partial charge in [-0.3, -0.25) is 9.59 Å². The van der Waals surface area contributed by atoms with Gasteiger partial charge in [-0.1, -0.05) is 41.6 Å². The van der Waals surface area contributed by atoms with Gasteiger partial charge in [0.25, 0.3) is 0 Å². The predicted octanol–water partition coefficient (Wildman–Crippen LogP) is 2.32. The van der Waals surface area contributed by atoms with Crippen LogP contribution in [0.15, 0.2) is 35.7 Å². The van der Waals surface area contributed by atoms with E-state index in [0.717, 1.165) is 11.1 Å². The molecule has 0 aliphatic rings. The maximum Gasteiger partial charge on any atom is 0.308 e. The number of nitrogens with zero attached hydrogens (tertiary/aromatic N) is 3. The van der Waals surface area contributed by atoms with Gasteiger partial charge >= 0.3 is 5.97 Å². The van der Waals surface area contributed by atoms with Crippen molar-refractivity contribution in [3.05, 3.63) is 41.7 Å². The average Bonchev–Trinajstić information content (AvgIpc) is 3.05. The first-order valence-electron chi connectivity index (χ1n) is 8.44. The topological polar surface area (TPSA) is 97.1 Å². The molecule has 26 heavy (non-hydrogen) atoms. The molecule has 0 saturated carbocycles. The van der Waals surface area contributed by atoms with E-state index in [4.69, 9.17) is 0 Å². The van der Waals surface area contributed by atoms with Crippen molar-refractivity contribution in [1.29, 1.82) is 0 Å². The molecule has 0 aliphatic heterocycles. The zero-order valence-corrected chi connectivity index (χ0v) is 16.0. The number of carboxylic acid groups (broad SMARTS) is 1. The van der Waals surface area contributed by atoms with Gasteiger partial charge in [-0.15, -0.1) is 10.2 Å². The molecule has 0 fully saturated rings. The van der Waals surface area contributed by atoms with Crippen LogP contribution in [-0.4, -0.2) is 44.0 Å². The minimum absolute atomic E-state index is 0.0968. The van der Waals surface area contributed by atoms with Crippen LogP contribution in [0.3, 0.4) is 0 Å². The standard InChI is InChI=1S/C18H24N4O3S/c1-12(2)22-11-20-21-18(22)26-10-16(23)19-9-15(17(24)25)8-14-6-4-5-13(3)7-14/h4-7,11-12,15H,8-10H2,1-3H3,(H,19,23)(H,24,25). The van der Waals surface area contributed by atoms with Crippen LogP contribution < -0.4 is 5.32 Å². The number of carbonyl (C=O) groups is 2. The number of aryl methyl sites for hydroxylation is 1. The number of thioether (sulfide) groups is 1. The first-order valence-corrected chi connectivity index (χ1v) is 9.42. The molecule has 0 aliphatic carbocycles. The highest BCUT2D eigenvalue weighted by molar-refractivity contribution is 7.99. The number of carboxylic acids is 1. The van der Waals surface area contributed by atoms with Crippen molar-refractivity contribution < 1.29 is 14.7 Å². The van der Waals surface area contributed by atoms with Gasteiger partial charge in [0.05, 0.1) is 11.7 Å². The van der Waals surface area contributed by atoms with E-state index in [0.29, 0.717) is 11.6 Å². The van der Waals surface area contributed by atoms with E-state index in [1.807, 2.05) is 49.6 Å². The molecule has 7 nitrogen and oxygen atoms in total. The summed E-state index contributed by atoms with van der Waals surface area (Å²) in [4.78, 5) is 23.6. The van der Waals surface area contributed by atoms with Gasteiger partial charge in [-0.05, 0) is 32.8 Å². The Morgan fingerprint density at radius 1 is 1.35 bits per heavy atom. The van der Waals surface area contributed by atoms with E-state index < -0.39 is 11.9 Å². The van der Waals surface area contributed by atoms with Gasteiger partial charge in [-0.25, -0.2) is 0 Å². The number of hydrogen-bond donors (Lipinski definition) is 2. The molecule has 2 aromatic rings. The lowest BCUT2D eigenvalue weighted by molar-refractivity contribution is -0.141. The average molecular weight is 376 g/mol. The highest BCUT2D eigenvalue weighted by atomic mass is 32.2. The molecule has 0 radical (unpaired) electrons. The normalized spacial score (nSPS) is 12.2. The molecule has 2 N–H and O–H groups in total. The largest absolute Gasteiger partial charge is 0.481 e. The Hall–Kier alpha value is -2.35. The Balaban J connectivity index is 1.85. The molecule has 2 rings (SSSR count). The SMILES string of the molecule is Cc1cccc(CC(CNC(=O)CSc2nncn2C(C)C)C(=O)O)c1. The number of benzene rings is 1. The van der Waals surface area contributed by atoms with Gasteiger partial charge < -0.3 is 15.0 Å². The molecule has 1 aromatic carbocycles. The summed E-state index contributed by atoms with van der Waals surface area (Å²) in [5, 5.41) is 20.7. The van der Waals surface area contributed by atoms with Crippen molar-refractivity contribution >= 4 is 23.6 Å². The number of amides is 1. The van der Waals surface area contributed by atoms with Gasteiger partial charge in [0.15, 0.2) is 5.16 Å². The van der Waals surface area contributed by atoms with Crippen LogP contribution in [0.4, 0.5) is 0 Å². The second-order valence-electron chi connectivity index (χ2n) is 6.44. The lowest BCUT2D eigenvalue weighted by atomic mass is 9.98. The number of carbonyl (C=O) groups excluding carboxylic acids is 1. The quantitative estimate of drug-likeness (QED) is 0.652. The van der Waals surface area contributed by atoms with Crippen LogP contribution in [-0.2, 0) is 16.0 Å². The summed E-state index contributed by atoms with van der Waals surface area (Å²) in [6, 6.07) is 7.95. The second kappa shape index (κ2) is 9.38. The van der Waals surface area contributed by atoms with Crippen LogP contribution in [0.25, 0.3) is 0 Å². The number of hydrogen-bond acceptors (Lipinski definition) is 5. The molecule has 0 spiro atoms. The van der Waals surface area contributed by atoms with Crippen LogP contribution in [0.5, 0.6) is 0 Å². The first-order chi connectivity index (χ1) is 12.4. The number of rotatable bonds is 9. The monoisotopic (exact) mass is 376 g/mol. The lowest BCUT2D eigenvalue weighted by Gasteiger charge is -2.14. The smallest absolute Gasteiger partial charge is 0.308 e. The van der Waals surface area contributed by atoms with Crippen molar-refractivity contribution in [3.63, 3.8) is 0 Å². The third kappa shape index (κ3) is 5.87. The Labute approximate surface area is 157 Å². The summed E-state index contributed by atoms with van der Waals surface area (Å²) >= 11 is 1.29. The first kappa shape index (κ1) is 20.0. The fourth-order valence-electron chi connectivity index (χ4n) is 2.48. The lowest BCUT2D eigenvalue weighted by Crippen LogP contribution is -2.35. The Bertz CT molecular complexity index is 760. The summed E-state index contributed by atoms with van der Waals surface area (Å²) < 4.78 is 1.88. The number of aromatic nitrogens is 3. The zero-order chi connectivity index (χ0) is 19.1. The third-order valence-electron chi connectivity index (χ3n) is 3.89. The maximum atomic E-state index is 12.1. The molecule has 0 saturated heterocycles. The van der Waals surface area contributed by atoms with Crippen molar-refractivity contribution in [2.24, 2.45) is 5.92 Å². The third-order valence-corrected chi connectivity index (χ3v) is 4.85. The number of aliphatic carboxylic acids is 1. The maximum absolute atomic E-state index is 12.1. The van der Waals surface area contributed by atoms with E-state index in [1.165, 1.54) is 11.8 Å². The van der Waals surface area contributed by atoms with Crippen molar-refractivity contribution in [1.82, 2.24) is 20.1 Å². The van der Waals surface area contributed by atoms with Crippen molar-refractivity contribution in [2.75, 3.05) is 12.3 Å². The second-order valence-corrected chi connectivity index (χ2v) is 7.38. The summed E-state index contributed by atoms with van der Waals surface area (Å²) in [6.07, 6.45) is 2.01. The van der Waals surface area contributed by atoms with Gasteiger partial charge in [0.2, 0.25) is 5.91 Å². The fourth-order valence-corrected chi connectivity index (χ4v) is 3.35. The predicted molar refractivity (Wildman–Crippen MR) is 100 cm³/mol. The Morgan fingerprint density at radius 2 is 2.12 bits per heavy atom. The zero-order valence-electron chi connectivity index (χ0n) is 15.2. The molecular weight excluding hydrogens is 352 g/mol. The van der Waals surface area contributed by atoms with Crippen molar-refractivity contribution in [3.8, 4) is 0 Å². The molecule has 1 amide bonds. The number of nitrogens with one attached hydrogen (secondary N) is 1. The molecule has 140 valence electrons. The molecule has 8 heteroatoms. The molecule has 0 bridgehead atoms. The fraction of sp³-hybridized carbons (Fsp3) is 0.444. The van der Waals surface area contributed by atoms with Crippen LogP contribution in [0.1, 0.15) is 31.0 Å². The van der Waals surface area contributed by atoms with Crippen molar-refractivity contribution in [2.45, 2.75) is 38.4 Å². The summed E-state index contributed by atoms with van der Waals surface area (Å²) in [7, 11) is 0. The Morgan fingerprint density at radius 3 is 2.77 bits per heavy atom. The highest BCUT2D eigenvalue weighted by Gasteiger charge is 2.19. The van der Waals surface area contributed by atoms with Gasteiger partial charge in [0, 0.05) is 12.6 Å². The summed E-state index contributed by atoms with van der Waals surface area (Å²) in [6.45, 7) is 6.08. The minimum Gasteiger partial charge on any atom is -0.481 e. The molecular formula is C18H24N4O3S. The molecule has 1 atom stereocenters. The summed E-state index contributed by atoms with van der Waals surface area (Å²) in [5.41, 5.74) is 2.03. The minimum atomic E-state index is -0.918. The Kier molecular flexibility index (Phi) is 7.20. The van der Waals surface area contributed by atoms with E-state index in [2.05, 4.69) is 15.5 Å². The molecule has 1 heterocycles.